The molecule has 1 N–H and O–H groups in total. The van der Waals surface area contributed by atoms with Gasteiger partial charge in [-0.2, -0.15) is 5.10 Å². The number of likely N-dealkylation sites (tertiary alicyclic amines) is 1. The van der Waals surface area contributed by atoms with Crippen molar-refractivity contribution in [1.82, 2.24) is 20.0 Å². The number of hydrogen-bond acceptors (Lipinski definition) is 4. The van der Waals surface area contributed by atoms with Crippen LogP contribution in [0.1, 0.15) is 40.1 Å². The lowest BCUT2D eigenvalue weighted by Gasteiger charge is -2.35. The van der Waals surface area contributed by atoms with E-state index in [-0.39, 0.29) is 23.7 Å². The Hall–Kier alpha value is -3.94. The van der Waals surface area contributed by atoms with Gasteiger partial charge < -0.3 is 14.6 Å². The number of carbonyl (C=O) groups is 2. The molecule has 2 aromatic carbocycles. The lowest BCUT2D eigenvalue weighted by Crippen LogP contribution is -2.49. The Morgan fingerprint density at radius 2 is 1.97 bits per heavy atom. The van der Waals surface area contributed by atoms with Crippen molar-refractivity contribution in [3.63, 3.8) is 0 Å². The van der Waals surface area contributed by atoms with E-state index in [1.165, 1.54) is 12.1 Å². The molecule has 3 heterocycles. The highest BCUT2D eigenvalue weighted by atomic mass is 19.1. The Morgan fingerprint density at radius 3 is 2.79 bits per heavy atom. The largest absolute Gasteiger partial charge is 0.464 e. The topological polar surface area (TPSA) is 80.4 Å². The number of aryl methyl sites for hydroxylation is 1. The number of piperidine rings is 1. The van der Waals surface area contributed by atoms with Crippen LogP contribution in [0.25, 0.3) is 22.1 Å². The summed E-state index contributed by atoms with van der Waals surface area (Å²) in [5, 5.41) is 8.19. The van der Waals surface area contributed by atoms with Gasteiger partial charge >= 0.3 is 0 Å². The average molecular weight is 461 g/mol. The number of furan rings is 1. The fourth-order valence-electron chi connectivity index (χ4n) is 4.60. The van der Waals surface area contributed by atoms with Crippen LogP contribution >= 0.6 is 0 Å². The van der Waals surface area contributed by atoms with E-state index < -0.39 is 0 Å². The number of halogens is 1. The Morgan fingerprint density at radius 1 is 1.15 bits per heavy atom. The molecule has 0 spiro atoms. The minimum absolute atomic E-state index is 0.142. The summed E-state index contributed by atoms with van der Waals surface area (Å²) in [6.07, 6.45) is 6.00. The molecule has 0 saturated carbocycles. The van der Waals surface area contributed by atoms with Crippen molar-refractivity contribution in [2.24, 2.45) is 7.05 Å². The normalized spacial score (nSPS) is 16.1. The van der Waals surface area contributed by atoms with E-state index >= 15 is 0 Å². The molecule has 0 bridgehead atoms. The van der Waals surface area contributed by atoms with E-state index in [0.717, 1.165) is 30.2 Å². The predicted molar refractivity (Wildman–Crippen MR) is 126 cm³/mol. The van der Waals surface area contributed by atoms with Gasteiger partial charge in [-0.25, -0.2) is 4.39 Å². The Balaban J connectivity index is 1.35. The summed E-state index contributed by atoms with van der Waals surface area (Å²) < 4.78 is 20.4. The second-order valence-electron chi connectivity index (χ2n) is 8.57. The van der Waals surface area contributed by atoms with Crippen LogP contribution in [-0.2, 0) is 7.05 Å². The molecule has 0 aliphatic carbocycles. The third kappa shape index (κ3) is 4.19. The van der Waals surface area contributed by atoms with Crippen molar-refractivity contribution in [1.29, 1.82) is 0 Å². The molecule has 1 aliphatic heterocycles. The van der Waals surface area contributed by atoms with Crippen LogP contribution in [0, 0.1) is 5.82 Å². The third-order valence-corrected chi connectivity index (χ3v) is 6.31. The monoisotopic (exact) mass is 460 g/mol. The zero-order valence-corrected chi connectivity index (χ0v) is 18.8. The number of carbonyl (C=O) groups excluding carboxylic acids is 2. The highest BCUT2D eigenvalue weighted by molar-refractivity contribution is 6.06. The van der Waals surface area contributed by atoms with Crippen molar-refractivity contribution in [3.05, 3.63) is 78.1 Å². The maximum atomic E-state index is 13.6. The van der Waals surface area contributed by atoms with Gasteiger partial charge in [-0.3, -0.25) is 14.3 Å². The van der Waals surface area contributed by atoms with E-state index in [1.807, 2.05) is 6.07 Å². The number of benzene rings is 2. The third-order valence-electron chi connectivity index (χ3n) is 6.31. The minimum Gasteiger partial charge on any atom is -0.464 e. The van der Waals surface area contributed by atoms with E-state index in [2.05, 4.69) is 10.4 Å². The summed E-state index contributed by atoms with van der Waals surface area (Å²) in [7, 11) is 1.76. The second-order valence-corrected chi connectivity index (χ2v) is 8.57. The Kier molecular flexibility index (Phi) is 5.88. The molecule has 1 unspecified atom stereocenters. The first-order valence-electron chi connectivity index (χ1n) is 11.4. The number of amides is 2. The van der Waals surface area contributed by atoms with Crippen molar-refractivity contribution < 1.29 is 18.4 Å². The van der Waals surface area contributed by atoms with Gasteiger partial charge in [0.25, 0.3) is 11.8 Å². The van der Waals surface area contributed by atoms with E-state index in [9.17, 15) is 14.0 Å². The number of nitrogens with zero attached hydrogens (tertiary/aromatic N) is 3. The number of rotatable bonds is 5. The van der Waals surface area contributed by atoms with Crippen molar-refractivity contribution in [2.45, 2.75) is 25.3 Å². The molecule has 1 saturated heterocycles. The molecule has 0 radical (unpaired) electrons. The molecule has 4 aromatic rings. The first-order chi connectivity index (χ1) is 16.5. The Labute approximate surface area is 196 Å². The molecule has 1 fully saturated rings. The molecule has 1 aliphatic rings. The summed E-state index contributed by atoms with van der Waals surface area (Å²) in [6, 6.07) is 13.0. The van der Waals surface area contributed by atoms with Crippen molar-refractivity contribution in [2.75, 3.05) is 13.1 Å². The summed E-state index contributed by atoms with van der Waals surface area (Å²) >= 11 is 0. The number of nitrogens with one attached hydrogen (secondary N) is 1. The molecule has 7 nitrogen and oxygen atoms in total. The summed E-state index contributed by atoms with van der Waals surface area (Å²) in [6.45, 7) is 0.938. The zero-order chi connectivity index (χ0) is 23.7. The smallest absolute Gasteiger partial charge is 0.275 e. The SMILES string of the molecule is Cn1cc(-c2ccc(F)cc2)c(C(=O)N2CCCCC2CNC(=O)c2cccc3occc23)n1. The van der Waals surface area contributed by atoms with Gasteiger partial charge in [-0.15, -0.1) is 0 Å². The van der Waals surface area contributed by atoms with Crippen LogP contribution in [0.2, 0.25) is 0 Å². The van der Waals surface area contributed by atoms with Gasteiger partial charge in [0.2, 0.25) is 0 Å². The highest BCUT2D eigenvalue weighted by Crippen LogP contribution is 2.27. The van der Waals surface area contributed by atoms with Crippen LogP contribution < -0.4 is 5.32 Å². The van der Waals surface area contributed by atoms with E-state index in [4.69, 9.17) is 4.42 Å². The van der Waals surface area contributed by atoms with Crippen LogP contribution in [0.5, 0.6) is 0 Å². The molecular weight excluding hydrogens is 435 g/mol. The zero-order valence-electron chi connectivity index (χ0n) is 18.8. The number of fused-ring (bicyclic) bond motifs is 1. The van der Waals surface area contributed by atoms with Crippen LogP contribution in [0.4, 0.5) is 4.39 Å². The number of hydrogen-bond donors (Lipinski definition) is 1. The maximum Gasteiger partial charge on any atom is 0.275 e. The molecular formula is C26H25FN4O3. The summed E-state index contributed by atoms with van der Waals surface area (Å²) in [4.78, 5) is 28.3. The first-order valence-corrected chi connectivity index (χ1v) is 11.4. The number of aromatic nitrogens is 2. The molecule has 2 amide bonds. The predicted octanol–water partition coefficient (Wildman–Crippen LogP) is 4.40. The standard InChI is InChI=1S/C26H25FN4O3/c1-30-16-22(17-8-10-18(27)11-9-17)24(29-30)26(33)31-13-3-2-5-19(31)15-28-25(32)21-6-4-7-23-20(21)12-14-34-23/h4,6-12,14,16,19H,2-3,5,13,15H2,1H3,(H,28,32). The molecule has 2 aromatic heterocycles. The summed E-state index contributed by atoms with van der Waals surface area (Å²) in [5.41, 5.74) is 2.92. The average Bonchev–Trinajstić information content (AvgIpc) is 3.49. The van der Waals surface area contributed by atoms with Gasteiger partial charge in [-0.05, 0) is 55.2 Å². The Bertz CT molecular complexity index is 1340. The van der Waals surface area contributed by atoms with E-state index in [1.54, 1.807) is 59.4 Å². The first kappa shape index (κ1) is 21.9. The van der Waals surface area contributed by atoms with Gasteiger partial charge in [-0.1, -0.05) is 18.2 Å². The fourth-order valence-corrected chi connectivity index (χ4v) is 4.60. The van der Waals surface area contributed by atoms with Gasteiger partial charge in [0.1, 0.15) is 11.4 Å². The lowest BCUT2D eigenvalue weighted by molar-refractivity contribution is 0.0596. The molecule has 8 heteroatoms. The van der Waals surface area contributed by atoms with Crippen LogP contribution in [0.3, 0.4) is 0 Å². The van der Waals surface area contributed by atoms with Crippen molar-refractivity contribution in [3.8, 4) is 11.1 Å². The van der Waals surface area contributed by atoms with Crippen LogP contribution in [0.15, 0.2) is 65.4 Å². The van der Waals surface area contributed by atoms with Gasteiger partial charge in [0.05, 0.1) is 11.8 Å². The molecule has 34 heavy (non-hydrogen) atoms. The van der Waals surface area contributed by atoms with E-state index in [0.29, 0.717) is 35.5 Å². The molecule has 1 atom stereocenters. The highest BCUT2D eigenvalue weighted by Gasteiger charge is 2.31. The molecule has 174 valence electrons. The summed E-state index contributed by atoms with van der Waals surface area (Å²) in [5.74, 6) is -0.718. The van der Waals surface area contributed by atoms with Gasteiger partial charge in [0, 0.05) is 43.3 Å². The van der Waals surface area contributed by atoms with Gasteiger partial charge in [0.15, 0.2) is 5.69 Å². The van der Waals surface area contributed by atoms with Crippen molar-refractivity contribution >= 4 is 22.8 Å². The van der Waals surface area contributed by atoms with Crippen LogP contribution in [-0.4, -0.2) is 45.6 Å². The second kappa shape index (κ2) is 9.13. The minimum atomic E-state index is -0.335. The lowest BCUT2D eigenvalue weighted by atomic mass is 9.99. The molecule has 5 rings (SSSR count). The quantitative estimate of drug-likeness (QED) is 0.479. The fraction of sp³-hybridized carbons (Fsp3) is 0.269. The maximum absolute atomic E-state index is 13.6.